The van der Waals surface area contributed by atoms with Crippen molar-refractivity contribution in [2.75, 3.05) is 36.4 Å². The molecule has 1 amide bonds. The first kappa shape index (κ1) is 25.0. The van der Waals surface area contributed by atoms with Crippen LogP contribution in [-0.2, 0) is 13.1 Å². The van der Waals surface area contributed by atoms with Crippen LogP contribution >= 0.6 is 0 Å². The molecule has 2 aromatic heterocycles. The van der Waals surface area contributed by atoms with Crippen LogP contribution in [0.25, 0.3) is 10.9 Å². The van der Waals surface area contributed by atoms with Crippen molar-refractivity contribution in [1.82, 2.24) is 24.8 Å². The fraction of sp³-hybridized carbons (Fsp3) is 0.429. The van der Waals surface area contributed by atoms with Gasteiger partial charge in [0.1, 0.15) is 11.5 Å². The Hall–Kier alpha value is -4.30. The molecule has 200 valence electrons. The Morgan fingerprint density at radius 2 is 1.97 bits per heavy atom. The van der Waals surface area contributed by atoms with E-state index in [1.807, 2.05) is 26.0 Å². The molecule has 1 aliphatic carbocycles. The highest BCUT2D eigenvalue weighted by Gasteiger charge is 2.44. The van der Waals surface area contributed by atoms with Crippen LogP contribution in [0.15, 0.2) is 34.1 Å². The molecule has 11 nitrogen and oxygen atoms in total. The van der Waals surface area contributed by atoms with Crippen LogP contribution in [0.2, 0.25) is 0 Å². The molecule has 2 fully saturated rings. The summed E-state index contributed by atoms with van der Waals surface area (Å²) in [7, 11) is 0. The van der Waals surface area contributed by atoms with E-state index in [2.05, 4.69) is 47.5 Å². The third-order valence-corrected chi connectivity index (χ3v) is 7.89. The smallest absolute Gasteiger partial charge is 0.349 e. The van der Waals surface area contributed by atoms with Crippen molar-refractivity contribution < 1.29 is 4.79 Å². The van der Waals surface area contributed by atoms with E-state index in [0.29, 0.717) is 30.0 Å². The predicted octanol–water partition coefficient (Wildman–Crippen LogP) is 2.70. The summed E-state index contributed by atoms with van der Waals surface area (Å²) < 4.78 is 1.59. The Labute approximate surface area is 226 Å². The number of carbonyl (C=O) groups excluding carboxylic acids is 1. The minimum absolute atomic E-state index is 0.215. The van der Waals surface area contributed by atoms with Crippen LogP contribution in [0.5, 0.6) is 0 Å². The first-order valence-electron chi connectivity index (χ1n) is 13.4. The number of carbonyl (C=O) groups is 1. The largest absolute Gasteiger partial charge is 0.368 e. The monoisotopic (exact) mass is 525 g/mol. The Kier molecular flexibility index (Phi) is 6.27. The maximum absolute atomic E-state index is 12.7. The number of nitrogens with one attached hydrogen (secondary N) is 2. The molecule has 1 aromatic carbocycles. The third kappa shape index (κ3) is 4.72. The van der Waals surface area contributed by atoms with Crippen LogP contribution in [-0.4, -0.2) is 63.4 Å². The summed E-state index contributed by atoms with van der Waals surface area (Å²) in [4.78, 5) is 43.2. The van der Waals surface area contributed by atoms with Gasteiger partial charge in [-0.15, -0.1) is 0 Å². The molecular weight excluding hydrogens is 494 g/mol. The van der Waals surface area contributed by atoms with Crippen molar-refractivity contribution in [3.05, 3.63) is 51.7 Å². The maximum Gasteiger partial charge on any atom is 0.349 e. The number of aliphatic imine (C=N–C) groups is 1. The van der Waals surface area contributed by atoms with E-state index in [-0.39, 0.29) is 17.1 Å². The molecule has 1 saturated heterocycles. The lowest BCUT2D eigenvalue weighted by Crippen LogP contribution is -2.46. The van der Waals surface area contributed by atoms with Gasteiger partial charge in [0.05, 0.1) is 52.3 Å². The molecule has 0 spiro atoms. The van der Waals surface area contributed by atoms with Crippen LogP contribution < -0.4 is 21.2 Å². The molecular formula is C28H31N9O2. The predicted molar refractivity (Wildman–Crippen MR) is 150 cm³/mol. The fourth-order valence-electron chi connectivity index (χ4n) is 5.56. The first-order chi connectivity index (χ1) is 18.9. The number of aryl methyl sites for hydroxylation is 1. The molecule has 2 aliphatic heterocycles. The molecule has 0 radical (unpaired) electrons. The van der Waals surface area contributed by atoms with Crippen molar-refractivity contribution in [2.24, 2.45) is 4.99 Å². The summed E-state index contributed by atoms with van der Waals surface area (Å²) in [6.45, 7) is 8.56. The normalized spacial score (nSPS) is 17.5. The Bertz CT molecular complexity index is 1590. The van der Waals surface area contributed by atoms with Gasteiger partial charge in [0.25, 0.3) is 5.91 Å². The van der Waals surface area contributed by atoms with Crippen LogP contribution in [0.3, 0.4) is 0 Å². The SMILES string of the molecule is CCn1c2c3c(cc(CN4CCN(c5ccc(C(=O)NC6(CC#N)CC6)nc5C)CC4)cc3nc1=O)NC=N2. The highest BCUT2D eigenvalue weighted by atomic mass is 16.2. The van der Waals surface area contributed by atoms with Crippen LogP contribution in [0.1, 0.15) is 47.9 Å². The van der Waals surface area contributed by atoms with E-state index in [4.69, 9.17) is 5.26 Å². The Balaban J connectivity index is 1.12. The molecule has 6 rings (SSSR count). The molecule has 3 aliphatic rings. The van der Waals surface area contributed by atoms with Gasteiger partial charge in [0, 0.05) is 39.3 Å². The second-order valence-electron chi connectivity index (χ2n) is 10.5. The number of rotatable bonds is 7. The standard InChI is InChI=1S/C28H31N9O2/c1-3-37-25-24-21(30-17-31-25)14-19(15-22(24)33-27(37)39)16-35-10-12-36(13-11-35)23-5-4-20(32-18(23)2)26(38)34-28(6-7-28)8-9-29/h4-5,14-15,17H,3,6-8,10-13,16H2,1-2H3,(H,30,31)(H,34,38). The summed E-state index contributed by atoms with van der Waals surface area (Å²) in [5.74, 6) is 0.440. The third-order valence-electron chi connectivity index (χ3n) is 7.89. The number of aromatic nitrogens is 3. The number of anilines is 2. The zero-order valence-corrected chi connectivity index (χ0v) is 22.2. The lowest BCUT2D eigenvalue weighted by Gasteiger charge is -2.36. The van der Waals surface area contributed by atoms with E-state index in [1.165, 1.54) is 0 Å². The first-order valence-corrected chi connectivity index (χ1v) is 13.4. The summed E-state index contributed by atoms with van der Waals surface area (Å²) in [5.41, 5.74) is 4.29. The van der Waals surface area contributed by atoms with Gasteiger partial charge < -0.3 is 15.5 Å². The molecule has 0 bridgehead atoms. The lowest BCUT2D eigenvalue weighted by atomic mass is 10.1. The van der Waals surface area contributed by atoms with Crippen molar-refractivity contribution in [2.45, 2.75) is 51.7 Å². The summed E-state index contributed by atoms with van der Waals surface area (Å²) in [6, 6.07) is 10.0. The summed E-state index contributed by atoms with van der Waals surface area (Å²) in [6.07, 6.45) is 3.65. The molecule has 11 heteroatoms. The number of amides is 1. The fourth-order valence-corrected chi connectivity index (χ4v) is 5.56. The topological polar surface area (TPSA) is 132 Å². The number of piperazine rings is 1. The van der Waals surface area contributed by atoms with Crippen molar-refractivity contribution in [1.29, 1.82) is 5.26 Å². The van der Waals surface area contributed by atoms with Gasteiger partial charge in [0.15, 0.2) is 0 Å². The molecule has 4 heterocycles. The quantitative estimate of drug-likeness (QED) is 0.481. The van der Waals surface area contributed by atoms with Crippen molar-refractivity contribution in [3.63, 3.8) is 0 Å². The summed E-state index contributed by atoms with van der Waals surface area (Å²) in [5, 5.41) is 16.1. The van der Waals surface area contributed by atoms with E-state index >= 15 is 0 Å². The second kappa shape index (κ2) is 9.78. The van der Waals surface area contributed by atoms with E-state index in [1.54, 1.807) is 17.0 Å². The van der Waals surface area contributed by atoms with Crippen molar-refractivity contribution in [3.8, 4) is 6.07 Å². The highest BCUT2D eigenvalue weighted by Crippen LogP contribution is 2.38. The van der Waals surface area contributed by atoms with Gasteiger partial charge in [-0.1, -0.05) is 0 Å². The number of hydrogen-bond acceptors (Lipinski definition) is 9. The number of pyridine rings is 1. The molecule has 1 saturated carbocycles. The second-order valence-corrected chi connectivity index (χ2v) is 10.5. The average Bonchev–Trinajstić information content (AvgIpc) is 3.68. The average molecular weight is 526 g/mol. The van der Waals surface area contributed by atoms with E-state index in [9.17, 15) is 9.59 Å². The molecule has 0 unspecified atom stereocenters. The summed E-state index contributed by atoms with van der Waals surface area (Å²) >= 11 is 0. The zero-order chi connectivity index (χ0) is 27.1. The minimum Gasteiger partial charge on any atom is -0.368 e. The molecule has 0 atom stereocenters. The van der Waals surface area contributed by atoms with E-state index < -0.39 is 0 Å². The highest BCUT2D eigenvalue weighted by molar-refractivity contribution is 6.06. The van der Waals surface area contributed by atoms with Gasteiger partial charge in [-0.3, -0.25) is 14.3 Å². The van der Waals surface area contributed by atoms with Gasteiger partial charge in [-0.25, -0.2) is 14.8 Å². The minimum atomic E-state index is -0.365. The van der Waals surface area contributed by atoms with Crippen LogP contribution in [0.4, 0.5) is 17.2 Å². The Morgan fingerprint density at radius 3 is 2.67 bits per heavy atom. The molecule has 2 N–H and O–H groups in total. The van der Waals surface area contributed by atoms with Gasteiger partial charge >= 0.3 is 5.69 Å². The molecule has 39 heavy (non-hydrogen) atoms. The van der Waals surface area contributed by atoms with Gasteiger partial charge in [-0.05, 0) is 56.5 Å². The number of benzene rings is 1. The molecule has 3 aromatic rings. The van der Waals surface area contributed by atoms with Crippen LogP contribution in [0, 0.1) is 18.3 Å². The zero-order valence-electron chi connectivity index (χ0n) is 22.2. The number of nitriles is 1. The van der Waals surface area contributed by atoms with Gasteiger partial charge in [-0.2, -0.15) is 10.2 Å². The van der Waals surface area contributed by atoms with E-state index in [0.717, 1.165) is 73.6 Å². The number of hydrogen-bond donors (Lipinski definition) is 2. The Morgan fingerprint density at radius 1 is 1.18 bits per heavy atom. The van der Waals surface area contributed by atoms with Gasteiger partial charge in [0.2, 0.25) is 0 Å². The number of nitrogens with zero attached hydrogens (tertiary/aromatic N) is 7. The van der Waals surface area contributed by atoms with Crippen molar-refractivity contribution >= 4 is 40.3 Å². The lowest BCUT2D eigenvalue weighted by molar-refractivity contribution is 0.0927. The maximum atomic E-state index is 12.7.